The maximum atomic E-state index is 13.0. The third-order valence-corrected chi connectivity index (χ3v) is 4.83. The van der Waals surface area contributed by atoms with Crippen LogP contribution in [0, 0.1) is 0 Å². The minimum absolute atomic E-state index is 0.201. The predicted octanol–water partition coefficient (Wildman–Crippen LogP) is 5.49. The second kappa shape index (κ2) is 12.3. The van der Waals surface area contributed by atoms with Crippen LogP contribution in [0.3, 0.4) is 0 Å². The molecule has 2 rings (SSSR count). The molecule has 0 aliphatic rings. The van der Waals surface area contributed by atoms with Gasteiger partial charge in [0.15, 0.2) is 23.0 Å². The van der Waals surface area contributed by atoms with E-state index < -0.39 is 17.7 Å². The summed E-state index contributed by atoms with van der Waals surface area (Å²) in [5.74, 6) is -0.0481. The molecular weight excluding hydrogens is 473 g/mol. The molecule has 33 heavy (non-hydrogen) atoms. The molecule has 0 fully saturated rings. The third-order valence-electron chi connectivity index (χ3n) is 4.25. The van der Waals surface area contributed by atoms with E-state index in [1.165, 1.54) is 33.3 Å². The first-order chi connectivity index (χ1) is 15.8. The summed E-state index contributed by atoms with van der Waals surface area (Å²) in [6.45, 7) is 5.44. The molecule has 1 N–H and O–H groups in total. The summed E-state index contributed by atoms with van der Waals surface area (Å²) in [4.78, 5) is 25.2. The van der Waals surface area contributed by atoms with Gasteiger partial charge in [0.05, 0.1) is 43.2 Å². The number of hydrogen-bond donors (Lipinski definition) is 1. The Morgan fingerprint density at radius 3 is 2.24 bits per heavy atom. The van der Waals surface area contributed by atoms with E-state index in [2.05, 4.69) is 15.5 Å². The van der Waals surface area contributed by atoms with E-state index >= 15 is 0 Å². The van der Waals surface area contributed by atoms with Crippen LogP contribution in [-0.4, -0.2) is 45.2 Å². The molecule has 9 nitrogen and oxygen atoms in total. The van der Waals surface area contributed by atoms with Crippen LogP contribution in [0.4, 0.5) is 11.4 Å². The standard InChI is InChI=1S/C22H25Cl2N3O6/c1-6-32-16-9-8-14(23)21(33-7-2)19(16)25-22(29)18(12(3)28)27-26-13-10-15(24)20(31-5)17(11-13)30-4/h8-11,18H,6-7H2,1-5H3,(H,25,29). The van der Waals surface area contributed by atoms with Gasteiger partial charge in [0.2, 0.25) is 6.04 Å². The van der Waals surface area contributed by atoms with Gasteiger partial charge in [-0.3, -0.25) is 9.59 Å². The number of nitrogens with zero attached hydrogens (tertiary/aromatic N) is 2. The van der Waals surface area contributed by atoms with Gasteiger partial charge in [-0.1, -0.05) is 23.2 Å². The molecule has 178 valence electrons. The zero-order chi connectivity index (χ0) is 24.5. The van der Waals surface area contributed by atoms with Gasteiger partial charge in [0, 0.05) is 6.07 Å². The van der Waals surface area contributed by atoms with Crippen LogP contribution in [0.15, 0.2) is 34.5 Å². The van der Waals surface area contributed by atoms with Crippen molar-refractivity contribution in [1.82, 2.24) is 0 Å². The molecule has 0 aliphatic heterocycles. The highest BCUT2D eigenvalue weighted by molar-refractivity contribution is 6.33. The molecular formula is C22H25Cl2N3O6. The topological polar surface area (TPSA) is 108 Å². The lowest BCUT2D eigenvalue weighted by molar-refractivity contribution is -0.126. The number of ether oxygens (including phenoxy) is 4. The first-order valence-corrected chi connectivity index (χ1v) is 10.7. The molecule has 2 aromatic carbocycles. The van der Waals surface area contributed by atoms with Crippen molar-refractivity contribution >= 4 is 46.3 Å². The van der Waals surface area contributed by atoms with Gasteiger partial charge in [0.1, 0.15) is 11.4 Å². The van der Waals surface area contributed by atoms with Gasteiger partial charge in [-0.05, 0) is 39.0 Å². The second-order valence-corrected chi connectivity index (χ2v) is 7.31. The number of nitrogens with one attached hydrogen (secondary N) is 1. The number of Topliss-reactive ketones (excluding diaryl/α,β-unsaturated/α-hetero) is 1. The molecule has 0 bridgehead atoms. The molecule has 1 atom stereocenters. The molecule has 0 heterocycles. The Morgan fingerprint density at radius 1 is 0.970 bits per heavy atom. The van der Waals surface area contributed by atoms with Crippen molar-refractivity contribution in [2.75, 3.05) is 32.8 Å². The summed E-state index contributed by atoms with van der Waals surface area (Å²) in [5, 5.41) is 11.1. The normalized spacial score (nSPS) is 11.7. The van der Waals surface area contributed by atoms with Gasteiger partial charge in [-0.15, -0.1) is 0 Å². The van der Waals surface area contributed by atoms with Crippen molar-refractivity contribution in [3.05, 3.63) is 34.3 Å². The van der Waals surface area contributed by atoms with Crippen LogP contribution < -0.4 is 24.3 Å². The van der Waals surface area contributed by atoms with E-state index in [0.29, 0.717) is 30.5 Å². The monoisotopic (exact) mass is 497 g/mol. The number of benzene rings is 2. The minimum Gasteiger partial charge on any atom is -0.493 e. The highest BCUT2D eigenvalue weighted by Crippen LogP contribution is 2.41. The molecule has 0 aromatic heterocycles. The van der Waals surface area contributed by atoms with Gasteiger partial charge >= 0.3 is 0 Å². The maximum Gasteiger partial charge on any atom is 0.259 e. The van der Waals surface area contributed by atoms with E-state index in [1.54, 1.807) is 26.0 Å². The molecule has 1 amide bonds. The first-order valence-electron chi connectivity index (χ1n) is 9.99. The van der Waals surface area contributed by atoms with Crippen molar-refractivity contribution in [3.8, 4) is 23.0 Å². The van der Waals surface area contributed by atoms with Crippen LogP contribution in [-0.2, 0) is 9.59 Å². The number of hydrogen-bond acceptors (Lipinski definition) is 8. The number of amides is 1. The summed E-state index contributed by atoms with van der Waals surface area (Å²) < 4.78 is 21.6. The number of carbonyl (C=O) groups is 2. The van der Waals surface area contributed by atoms with Crippen LogP contribution in [0.5, 0.6) is 23.0 Å². The van der Waals surface area contributed by atoms with Crippen molar-refractivity contribution in [2.24, 2.45) is 10.2 Å². The average Bonchev–Trinajstić information content (AvgIpc) is 2.77. The minimum atomic E-state index is -1.44. The Kier molecular flexibility index (Phi) is 9.74. The van der Waals surface area contributed by atoms with E-state index in [9.17, 15) is 9.59 Å². The Bertz CT molecular complexity index is 1050. The number of ketones is 1. The van der Waals surface area contributed by atoms with Crippen molar-refractivity contribution < 1.29 is 28.5 Å². The molecule has 2 aromatic rings. The van der Waals surface area contributed by atoms with Gasteiger partial charge < -0.3 is 24.3 Å². The van der Waals surface area contributed by atoms with Crippen molar-refractivity contribution in [2.45, 2.75) is 26.8 Å². The summed E-state index contributed by atoms with van der Waals surface area (Å²) in [7, 11) is 2.89. The number of rotatable bonds is 11. The number of methoxy groups -OCH3 is 2. The van der Waals surface area contributed by atoms with Gasteiger partial charge in [-0.25, -0.2) is 0 Å². The lowest BCUT2D eigenvalue weighted by Gasteiger charge is -2.18. The summed E-state index contributed by atoms with van der Waals surface area (Å²) in [6.07, 6.45) is 0. The van der Waals surface area contributed by atoms with Crippen LogP contribution in [0.2, 0.25) is 10.0 Å². The molecule has 0 saturated carbocycles. The Hall–Kier alpha value is -3.04. The van der Waals surface area contributed by atoms with E-state index in [1.807, 2.05) is 0 Å². The van der Waals surface area contributed by atoms with E-state index in [0.717, 1.165) is 0 Å². The highest BCUT2D eigenvalue weighted by Gasteiger charge is 2.27. The van der Waals surface area contributed by atoms with Crippen molar-refractivity contribution in [1.29, 1.82) is 0 Å². The first kappa shape index (κ1) is 26.2. The Balaban J connectivity index is 2.39. The van der Waals surface area contributed by atoms with E-state index in [-0.39, 0.29) is 27.2 Å². The fraction of sp³-hybridized carbons (Fsp3) is 0.364. The predicted molar refractivity (Wildman–Crippen MR) is 126 cm³/mol. The van der Waals surface area contributed by atoms with Crippen molar-refractivity contribution in [3.63, 3.8) is 0 Å². The molecule has 1 unspecified atom stereocenters. The van der Waals surface area contributed by atoms with Gasteiger partial charge in [-0.2, -0.15) is 10.2 Å². The summed E-state index contributed by atoms with van der Waals surface area (Å²) in [5.41, 5.74) is 0.469. The Morgan fingerprint density at radius 2 is 1.67 bits per heavy atom. The molecule has 0 radical (unpaired) electrons. The van der Waals surface area contributed by atoms with Crippen LogP contribution in [0.25, 0.3) is 0 Å². The second-order valence-electron chi connectivity index (χ2n) is 6.50. The number of halogens is 2. The van der Waals surface area contributed by atoms with Gasteiger partial charge in [0.25, 0.3) is 5.91 Å². The molecule has 11 heteroatoms. The average molecular weight is 498 g/mol. The zero-order valence-electron chi connectivity index (χ0n) is 18.9. The van der Waals surface area contributed by atoms with E-state index in [4.69, 9.17) is 42.1 Å². The lowest BCUT2D eigenvalue weighted by atomic mass is 10.2. The Labute approximate surface area is 202 Å². The molecule has 0 aliphatic carbocycles. The fourth-order valence-electron chi connectivity index (χ4n) is 2.82. The fourth-order valence-corrected chi connectivity index (χ4v) is 3.31. The summed E-state index contributed by atoms with van der Waals surface area (Å²) in [6, 6.07) is 4.73. The highest BCUT2D eigenvalue weighted by atomic mass is 35.5. The third kappa shape index (κ3) is 6.49. The molecule has 0 saturated heterocycles. The molecule has 0 spiro atoms. The van der Waals surface area contributed by atoms with Crippen LogP contribution in [0.1, 0.15) is 20.8 Å². The maximum absolute atomic E-state index is 13.0. The smallest absolute Gasteiger partial charge is 0.259 e. The number of anilines is 1. The quantitative estimate of drug-likeness (QED) is 0.324. The summed E-state index contributed by atoms with van der Waals surface area (Å²) >= 11 is 12.4. The lowest BCUT2D eigenvalue weighted by Crippen LogP contribution is -2.32. The zero-order valence-corrected chi connectivity index (χ0v) is 20.4. The van der Waals surface area contributed by atoms with Crippen LogP contribution >= 0.6 is 23.2 Å². The number of azo groups is 1. The largest absolute Gasteiger partial charge is 0.493 e. The SMILES string of the molecule is CCOc1ccc(Cl)c(OCC)c1NC(=O)C(N=Nc1cc(Cl)c(OC)c(OC)c1)C(C)=O. The number of carbonyl (C=O) groups excluding carboxylic acids is 2.